The van der Waals surface area contributed by atoms with Crippen molar-refractivity contribution in [1.29, 1.82) is 0 Å². The zero-order chi connectivity index (χ0) is 15.8. The molecule has 0 saturated carbocycles. The normalized spacial score (nSPS) is 15.9. The van der Waals surface area contributed by atoms with E-state index in [0.717, 1.165) is 11.5 Å². The van der Waals surface area contributed by atoms with Crippen molar-refractivity contribution >= 4 is 5.90 Å². The molecule has 0 spiro atoms. The zero-order valence-electron chi connectivity index (χ0n) is 14.4. The molecule has 1 aliphatic heterocycles. The van der Waals surface area contributed by atoms with Crippen LogP contribution < -0.4 is 0 Å². The van der Waals surface area contributed by atoms with Crippen LogP contribution in [0.15, 0.2) is 35.3 Å². The molecule has 1 heterocycles. The number of ether oxygens (including phenoxy) is 1. The lowest BCUT2D eigenvalue weighted by Gasteiger charge is -2.07. The zero-order valence-corrected chi connectivity index (χ0v) is 14.4. The molecule has 0 saturated heterocycles. The van der Waals surface area contributed by atoms with E-state index in [2.05, 4.69) is 46.5 Å². The van der Waals surface area contributed by atoms with Crippen molar-refractivity contribution in [2.45, 2.75) is 60.9 Å². The highest BCUT2D eigenvalue weighted by Crippen LogP contribution is 2.20. The minimum Gasteiger partial charge on any atom is -0.475 e. The minimum absolute atomic E-state index is 0.0643. The monoisotopic (exact) mass is 277 g/mol. The molecule has 1 aromatic rings. The number of hydrogen-bond acceptors (Lipinski definition) is 2. The summed E-state index contributed by atoms with van der Waals surface area (Å²) in [4.78, 5) is 4.49. The lowest BCUT2D eigenvalue weighted by Crippen LogP contribution is -2.17. The summed E-state index contributed by atoms with van der Waals surface area (Å²) in [6, 6.07) is 10.0. The molecule has 0 N–H and O–H groups in total. The van der Waals surface area contributed by atoms with E-state index < -0.39 is 0 Å². The third-order valence-corrected chi connectivity index (χ3v) is 1.99. The van der Waals surface area contributed by atoms with Crippen LogP contribution >= 0.6 is 0 Å². The van der Waals surface area contributed by atoms with Crippen molar-refractivity contribution < 1.29 is 4.74 Å². The first-order chi connectivity index (χ1) is 9.17. The SMILES string of the molecule is CC.CC(C)(C)C.CC1(C)COC(c2ccccc2)=N1. The molecule has 0 fully saturated rings. The second-order valence-corrected chi connectivity index (χ2v) is 6.88. The van der Waals surface area contributed by atoms with Crippen LogP contribution in [0.25, 0.3) is 0 Å². The highest BCUT2D eigenvalue weighted by Gasteiger charge is 2.26. The van der Waals surface area contributed by atoms with E-state index in [0.29, 0.717) is 12.0 Å². The van der Waals surface area contributed by atoms with Crippen LogP contribution in [0.1, 0.15) is 61.0 Å². The maximum Gasteiger partial charge on any atom is 0.216 e. The van der Waals surface area contributed by atoms with E-state index >= 15 is 0 Å². The summed E-state index contributed by atoms with van der Waals surface area (Å²) in [7, 11) is 0. The molecule has 0 bridgehead atoms. The van der Waals surface area contributed by atoms with Gasteiger partial charge in [-0.2, -0.15) is 0 Å². The quantitative estimate of drug-likeness (QED) is 0.680. The van der Waals surface area contributed by atoms with E-state index in [1.165, 1.54) is 0 Å². The van der Waals surface area contributed by atoms with Gasteiger partial charge in [-0.05, 0) is 31.4 Å². The number of rotatable bonds is 1. The van der Waals surface area contributed by atoms with Gasteiger partial charge in [0.1, 0.15) is 6.61 Å². The lowest BCUT2D eigenvalue weighted by molar-refractivity contribution is 0.279. The molecule has 0 atom stereocenters. The summed E-state index contributed by atoms with van der Waals surface area (Å²) < 4.78 is 5.50. The van der Waals surface area contributed by atoms with Crippen LogP contribution in [0.5, 0.6) is 0 Å². The third-order valence-electron chi connectivity index (χ3n) is 1.99. The first-order valence-corrected chi connectivity index (χ1v) is 7.45. The number of benzene rings is 1. The van der Waals surface area contributed by atoms with Gasteiger partial charge in [0, 0.05) is 5.56 Å². The summed E-state index contributed by atoms with van der Waals surface area (Å²) in [5.74, 6) is 0.769. The van der Waals surface area contributed by atoms with Gasteiger partial charge in [-0.3, -0.25) is 0 Å². The molecule has 0 amide bonds. The Morgan fingerprint density at radius 1 is 1.00 bits per heavy atom. The lowest BCUT2D eigenvalue weighted by atomic mass is 10.0. The highest BCUT2D eigenvalue weighted by atomic mass is 16.5. The molecule has 2 heteroatoms. The molecular formula is C18H31NO. The van der Waals surface area contributed by atoms with E-state index in [1.807, 2.05) is 44.2 Å². The largest absolute Gasteiger partial charge is 0.475 e. The van der Waals surface area contributed by atoms with Crippen molar-refractivity contribution in [2.24, 2.45) is 10.4 Å². The molecule has 0 aliphatic carbocycles. The predicted molar refractivity (Wildman–Crippen MR) is 89.5 cm³/mol. The molecule has 2 rings (SSSR count). The Balaban J connectivity index is 0.000000441. The molecule has 1 aromatic carbocycles. The fourth-order valence-corrected chi connectivity index (χ4v) is 1.31. The summed E-state index contributed by atoms with van der Waals surface area (Å²) in [6.07, 6.45) is 0. The summed E-state index contributed by atoms with van der Waals surface area (Å²) in [5, 5.41) is 0. The Labute approximate surface area is 125 Å². The molecular weight excluding hydrogens is 246 g/mol. The molecule has 20 heavy (non-hydrogen) atoms. The van der Waals surface area contributed by atoms with Crippen molar-refractivity contribution in [3.05, 3.63) is 35.9 Å². The topological polar surface area (TPSA) is 21.6 Å². The fraction of sp³-hybridized carbons (Fsp3) is 0.611. The summed E-state index contributed by atoms with van der Waals surface area (Å²) >= 11 is 0. The van der Waals surface area contributed by atoms with Crippen molar-refractivity contribution in [3.8, 4) is 0 Å². The molecule has 1 aliphatic rings. The highest BCUT2D eigenvalue weighted by molar-refractivity contribution is 5.95. The first kappa shape index (κ1) is 18.7. The van der Waals surface area contributed by atoms with Crippen LogP contribution in [-0.2, 0) is 4.74 Å². The van der Waals surface area contributed by atoms with Crippen LogP contribution in [0.3, 0.4) is 0 Å². The Hall–Kier alpha value is -1.31. The molecule has 0 aromatic heterocycles. The maximum absolute atomic E-state index is 5.50. The smallest absolute Gasteiger partial charge is 0.216 e. The van der Waals surface area contributed by atoms with Crippen molar-refractivity contribution in [2.75, 3.05) is 6.61 Å². The van der Waals surface area contributed by atoms with Gasteiger partial charge in [0.25, 0.3) is 0 Å². The van der Waals surface area contributed by atoms with Crippen LogP contribution in [0.2, 0.25) is 0 Å². The number of nitrogens with zero attached hydrogens (tertiary/aromatic N) is 1. The second kappa shape index (κ2) is 8.08. The fourth-order valence-electron chi connectivity index (χ4n) is 1.31. The van der Waals surface area contributed by atoms with Crippen LogP contribution in [0.4, 0.5) is 0 Å². The Bertz CT molecular complexity index is 393. The van der Waals surface area contributed by atoms with E-state index in [-0.39, 0.29) is 5.54 Å². The number of aliphatic imine (C=N–C) groups is 1. The van der Waals surface area contributed by atoms with E-state index in [4.69, 9.17) is 4.74 Å². The average molecular weight is 277 g/mol. The minimum atomic E-state index is -0.0643. The second-order valence-electron chi connectivity index (χ2n) is 6.88. The van der Waals surface area contributed by atoms with E-state index in [1.54, 1.807) is 0 Å². The van der Waals surface area contributed by atoms with Gasteiger partial charge in [-0.15, -0.1) is 0 Å². The van der Waals surface area contributed by atoms with Gasteiger partial charge in [-0.1, -0.05) is 59.7 Å². The Kier molecular flexibility index (Phi) is 7.55. The Morgan fingerprint density at radius 3 is 1.80 bits per heavy atom. The summed E-state index contributed by atoms with van der Waals surface area (Å²) in [6.45, 7) is 17.6. The maximum atomic E-state index is 5.50. The molecule has 114 valence electrons. The van der Waals surface area contributed by atoms with Gasteiger partial charge < -0.3 is 4.74 Å². The predicted octanol–water partition coefficient (Wildman–Crippen LogP) is 5.32. The summed E-state index contributed by atoms with van der Waals surface area (Å²) in [5.41, 5.74) is 1.50. The van der Waals surface area contributed by atoms with Crippen molar-refractivity contribution in [1.82, 2.24) is 0 Å². The van der Waals surface area contributed by atoms with Gasteiger partial charge in [0.15, 0.2) is 0 Å². The van der Waals surface area contributed by atoms with Gasteiger partial charge in [-0.25, -0.2) is 4.99 Å². The van der Waals surface area contributed by atoms with Crippen molar-refractivity contribution in [3.63, 3.8) is 0 Å². The third kappa shape index (κ3) is 8.73. The molecule has 0 radical (unpaired) electrons. The van der Waals surface area contributed by atoms with E-state index in [9.17, 15) is 0 Å². The molecule has 0 unspecified atom stereocenters. The first-order valence-electron chi connectivity index (χ1n) is 7.45. The molecule has 2 nitrogen and oxygen atoms in total. The van der Waals surface area contributed by atoms with Gasteiger partial charge in [0.05, 0.1) is 5.54 Å². The van der Waals surface area contributed by atoms with Crippen LogP contribution in [-0.4, -0.2) is 18.0 Å². The average Bonchev–Trinajstić information content (AvgIpc) is 2.71. The Morgan fingerprint density at radius 2 is 1.45 bits per heavy atom. The standard InChI is InChI=1S/C11H13NO.C5H12.C2H6/c1-11(2)8-13-10(12-11)9-6-4-3-5-7-9;1-5(2,3)4;1-2/h3-7H,8H2,1-2H3;1-4H3;1-2H3. The van der Waals surface area contributed by atoms with Gasteiger partial charge in [0.2, 0.25) is 5.90 Å². The number of hydrogen-bond donors (Lipinski definition) is 0. The van der Waals surface area contributed by atoms with Gasteiger partial charge >= 0.3 is 0 Å². The van der Waals surface area contributed by atoms with Crippen LogP contribution in [0, 0.1) is 5.41 Å².